The van der Waals surface area contributed by atoms with Crippen molar-refractivity contribution in [2.24, 2.45) is 0 Å². The van der Waals surface area contributed by atoms with Crippen LogP contribution in [0.5, 0.6) is 5.75 Å². The Morgan fingerprint density at radius 2 is 1.77 bits per heavy atom. The Morgan fingerprint density at radius 3 is 2.65 bits per heavy atom. The van der Waals surface area contributed by atoms with Crippen molar-refractivity contribution in [1.82, 2.24) is 9.38 Å². The van der Waals surface area contributed by atoms with Crippen LogP contribution in [0.4, 0.5) is 5.69 Å². The number of para-hydroxylation sites is 1. The van der Waals surface area contributed by atoms with Crippen molar-refractivity contribution in [2.45, 2.75) is 6.92 Å². The van der Waals surface area contributed by atoms with Gasteiger partial charge in [0.2, 0.25) is 0 Å². The Kier molecular flexibility index (Phi) is 4.84. The zero-order chi connectivity index (χ0) is 21.2. The summed E-state index contributed by atoms with van der Waals surface area (Å²) >= 11 is 0. The summed E-state index contributed by atoms with van der Waals surface area (Å²) in [4.78, 5) is 18.2. The van der Waals surface area contributed by atoms with Crippen LogP contribution in [0, 0.1) is 0 Å². The van der Waals surface area contributed by atoms with Crippen LogP contribution >= 0.6 is 0 Å². The first-order chi connectivity index (χ1) is 15.2. The molecular formula is C26H21N3O2. The maximum absolute atomic E-state index is 13.5. The van der Waals surface area contributed by atoms with Crippen molar-refractivity contribution in [3.8, 4) is 17.0 Å². The predicted molar refractivity (Wildman–Crippen MR) is 124 cm³/mol. The van der Waals surface area contributed by atoms with Gasteiger partial charge in [0.25, 0.3) is 5.91 Å². The first kappa shape index (κ1) is 18.9. The third-order valence-electron chi connectivity index (χ3n) is 5.23. The second kappa shape index (κ2) is 7.95. The minimum absolute atomic E-state index is 0.212. The van der Waals surface area contributed by atoms with Crippen LogP contribution in [0.2, 0.25) is 0 Å². The van der Waals surface area contributed by atoms with E-state index in [9.17, 15) is 4.79 Å². The van der Waals surface area contributed by atoms with E-state index in [1.54, 1.807) is 0 Å². The maximum atomic E-state index is 13.5. The van der Waals surface area contributed by atoms with Gasteiger partial charge in [0, 0.05) is 18.0 Å². The monoisotopic (exact) mass is 407 g/mol. The minimum Gasteiger partial charge on any atom is -0.493 e. The van der Waals surface area contributed by atoms with Crippen LogP contribution in [-0.4, -0.2) is 21.9 Å². The zero-order valence-corrected chi connectivity index (χ0v) is 17.1. The summed E-state index contributed by atoms with van der Waals surface area (Å²) in [5, 5.41) is 4.94. The number of pyridine rings is 1. The molecule has 0 radical (unpaired) electrons. The highest BCUT2D eigenvalue weighted by Gasteiger charge is 2.19. The third-order valence-corrected chi connectivity index (χ3v) is 5.23. The molecule has 0 spiro atoms. The van der Waals surface area contributed by atoms with E-state index in [0.29, 0.717) is 23.6 Å². The number of ether oxygens (including phenoxy) is 1. The number of anilines is 1. The summed E-state index contributed by atoms with van der Waals surface area (Å²) < 4.78 is 7.75. The van der Waals surface area contributed by atoms with Crippen molar-refractivity contribution in [3.05, 3.63) is 96.8 Å². The Balaban J connectivity index is 1.57. The van der Waals surface area contributed by atoms with Gasteiger partial charge in [-0.1, -0.05) is 54.6 Å². The van der Waals surface area contributed by atoms with Crippen LogP contribution in [0.3, 0.4) is 0 Å². The summed E-state index contributed by atoms with van der Waals surface area (Å²) in [7, 11) is 0. The molecule has 0 saturated heterocycles. The summed E-state index contributed by atoms with van der Waals surface area (Å²) in [5.74, 6) is 0.361. The molecule has 1 N–H and O–H groups in total. The van der Waals surface area contributed by atoms with Crippen LogP contribution < -0.4 is 10.1 Å². The molecule has 0 bridgehead atoms. The van der Waals surface area contributed by atoms with E-state index >= 15 is 0 Å². The summed E-state index contributed by atoms with van der Waals surface area (Å²) in [6.45, 7) is 2.39. The van der Waals surface area contributed by atoms with E-state index < -0.39 is 0 Å². The van der Waals surface area contributed by atoms with Gasteiger partial charge in [-0.25, -0.2) is 4.98 Å². The second-order valence-corrected chi connectivity index (χ2v) is 7.18. The topological polar surface area (TPSA) is 55.6 Å². The number of aromatic nitrogens is 2. The molecule has 5 aromatic rings. The quantitative estimate of drug-likeness (QED) is 0.400. The van der Waals surface area contributed by atoms with Crippen molar-refractivity contribution >= 4 is 28.0 Å². The molecule has 0 fully saturated rings. The SMILES string of the molecule is CCOc1ccc2ccccc2c1C(=O)Nc1ccccc1-c1cn2ccccc2n1. The average molecular weight is 407 g/mol. The second-order valence-electron chi connectivity index (χ2n) is 7.18. The van der Waals surface area contributed by atoms with E-state index in [-0.39, 0.29) is 5.91 Å². The molecule has 0 aliphatic rings. The number of hydrogen-bond acceptors (Lipinski definition) is 3. The Labute approximate surface area is 179 Å². The van der Waals surface area contributed by atoms with Crippen molar-refractivity contribution in [3.63, 3.8) is 0 Å². The fourth-order valence-corrected chi connectivity index (χ4v) is 3.83. The van der Waals surface area contributed by atoms with Crippen LogP contribution in [0.1, 0.15) is 17.3 Å². The minimum atomic E-state index is -0.212. The fraction of sp³-hybridized carbons (Fsp3) is 0.0769. The number of carbonyl (C=O) groups is 1. The van der Waals surface area contributed by atoms with Gasteiger partial charge in [-0.15, -0.1) is 0 Å². The van der Waals surface area contributed by atoms with Gasteiger partial charge in [0.1, 0.15) is 11.4 Å². The standard InChI is InChI=1S/C26H21N3O2/c1-2-31-23-15-14-18-9-3-4-10-19(18)25(23)26(30)28-21-12-6-5-11-20(21)22-17-29-16-8-7-13-24(29)27-22/h3-17H,2H2,1H3,(H,28,30). The molecular weight excluding hydrogens is 386 g/mol. The lowest BCUT2D eigenvalue weighted by Crippen LogP contribution is -2.15. The van der Waals surface area contributed by atoms with Gasteiger partial charge in [-0.05, 0) is 42.0 Å². The molecule has 5 heteroatoms. The molecule has 0 saturated carbocycles. The van der Waals surface area contributed by atoms with Crippen LogP contribution in [0.15, 0.2) is 91.3 Å². The number of carbonyl (C=O) groups excluding carboxylic acids is 1. The molecule has 1 amide bonds. The lowest BCUT2D eigenvalue weighted by atomic mass is 10.0. The number of fused-ring (bicyclic) bond motifs is 2. The first-order valence-corrected chi connectivity index (χ1v) is 10.2. The smallest absolute Gasteiger partial charge is 0.260 e. The highest BCUT2D eigenvalue weighted by molar-refractivity contribution is 6.15. The summed E-state index contributed by atoms with van der Waals surface area (Å²) in [6, 6.07) is 25.2. The fourth-order valence-electron chi connectivity index (χ4n) is 3.83. The molecule has 0 aliphatic heterocycles. The normalized spacial score (nSPS) is 11.0. The van der Waals surface area contributed by atoms with Crippen LogP contribution in [0.25, 0.3) is 27.7 Å². The number of amides is 1. The van der Waals surface area contributed by atoms with Gasteiger partial charge >= 0.3 is 0 Å². The molecule has 2 heterocycles. The van der Waals surface area contributed by atoms with Crippen molar-refractivity contribution in [1.29, 1.82) is 0 Å². The summed E-state index contributed by atoms with van der Waals surface area (Å²) in [6.07, 6.45) is 3.92. The largest absolute Gasteiger partial charge is 0.493 e. The number of nitrogens with one attached hydrogen (secondary N) is 1. The molecule has 5 rings (SSSR count). The number of imidazole rings is 1. The van der Waals surface area contributed by atoms with Crippen LogP contribution in [-0.2, 0) is 0 Å². The van der Waals surface area contributed by atoms with E-state index in [0.717, 1.165) is 27.7 Å². The lowest BCUT2D eigenvalue weighted by molar-refractivity contribution is 0.102. The maximum Gasteiger partial charge on any atom is 0.260 e. The highest BCUT2D eigenvalue weighted by Crippen LogP contribution is 2.32. The molecule has 2 aromatic heterocycles. The van der Waals surface area contributed by atoms with Gasteiger partial charge in [0.15, 0.2) is 0 Å². The molecule has 3 aromatic carbocycles. The number of benzene rings is 3. The first-order valence-electron chi connectivity index (χ1n) is 10.2. The number of rotatable bonds is 5. The zero-order valence-electron chi connectivity index (χ0n) is 17.1. The third kappa shape index (κ3) is 3.51. The van der Waals surface area contributed by atoms with E-state index in [4.69, 9.17) is 9.72 Å². The summed E-state index contributed by atoms with van der Waals surface area (Å²) in [5.41, 5.74) is 3.74. The average Bonchev–Trinajstić information content (AvgIpc) is 3.23. The number of nitrogens with zero attached hydrogens (tertiary/aromatic N) is 2. The van der Waals surface area contributed by atoms with Gasteiger partial charge in [-0.2, -0.15) is 0 Å². The highest BCUT2D eigenvalue weighted by atomic mass is 16.5. The molecule has 152 valence electrons. The van der Waals surface area contributed by atoms with Gasteiger partial charge < -0.3 is 14.5 Å². The number of hydrogen-bond donors (Lipinski definition) is 1. The molecule has 0 unspecified atom stereocenters. The van der Waals surface area contributed by atoms with Gasteiger partial charge in [0.05, 0.1) is 23.6 Å². The van der Waals surface area contributed by atoms with Crippen molar-refractivity contribution < 1.29 is 9.53 Å². The van der Waals surface area contributed by atoms with Gasteiger partial charge in [-0.3, -0.25) is 4.79 Å². The molecule has 5 nitrogen and oxygen atoms in total. The van der Waals surface area contributed by atoms with E-state index in [2.05, 4.69) is 5.32 Å². The molecule has 0 atom stereocenters. The Morgan fingerprint density at radius 1 is 0.968 bits per heavy atom. The Bertz CT molecular complexity index is 1370. The molecule has 0 aliphatic carbocycles. The lowest BCUT2D eigenvalue weighted by Gasteiger charge is -2.15. The van der Waals surface area contributed by atoms with E-state index in [1.165, 1.54) is 0 Å². The predicted octanol–water partition coefficient (Wildman–Crippen LogP) is 5.81. The Hall–Kier alpha value is -4.12. The molecule has 31 heavy (non-hydrogen) atoms. The van der Waals surface area contributed by atoms with Crippen molar-refractivity contribution in [2.75, 3.05) is 11.9 Å². The van der Waals surface area contributed by atoms with E-state index in [1.807, 2.05) is 103 Å².